The first-order valence-corrected chi connectivity index (χ1v) is 13.8. The lowest BCUT2D eigenvalue weighted by Crippen LogP contribution is -2.58. The van der Waals surface area contributed by atoms with Crippen molar-refractivity contribution in [2.45, 2.75) is 90.8 Å². The van der Waals surface area contributed by atoms with Crippen molar-refractivity contribution in [3.8, 4) is 17.1 Å². The van der Waals surface area contributed by atoms with E-state index >= 15 is 0 Å². The molecule has 0 aliphatic carbocycles. The van der Waals surface area contributed by atoms with E-state index < -0.39 is 22.6 Å². The second-order valence-corrected chi connectivity index (χ2v) is 12.0. The van der Waals surface area contributed by atoms with Gasteiger partial charge in [0.05, 0.1) is 18.1 Å². The number of esters is 1. The van der Waals surface area contributed by atoms with Gasteiger partial charge in [-0.2, -0.15) is 0 Å². The highest BCUT2D eigenvalue weighted by molar-refractivity contribution is 5.84. The molecule has 214 valence electrons. The molecule has 0 bridgehead atoms. The van der Waals surface area contributed by atoms with E-state index in [4.69, 9.17) is 25.4 Å². The molecule has 2 unspecified atom stereocenters. The summed E-state index contributed by atoms with van der Waals surface area (Å²) in [6, 6.07) is 9.66. The minimum atomic E-state index is -0.912. The summed E-state index contributed by atoms with van der Waals surface area (Å²) in [5, 5.41) is 11.4. The molecule has 0 spiro atoms. The number of carbonyl (C=O) groups excluding carboxylic acids is 1. The van der Waals surface area contributed by atoms with Gasteiger partial charge in [0, 0.05) is 40.5 Å². The normalized spacial score (nSPS) is 14.7. The zero-order chi connectivity index (χ0) is 28.8. The van der Waals surface area contributed by atoms with Crippen molar-refractivity contribution in [2.75, 3.05) is 13.2 Å². The van der Waals surface area contributed by atoms with Crippen molar-refractivity contribution in [3.05, 3.63) is 48.3 Å². The molecule has 2 aromatic heterocycles. The Morgan fingerprint density at radius 2 is 1.85 bits per heavy atom. The van der Waals surface area contributed by atoms with Crippen molar-refractivity contribution < 1.29 is 23.8 Å². The van der Waals surface area contributed by atoms with Gasteiger partial charge in [-0.3, -0.25) is 9.78 Å². The van der Waals surface area contributed by atoms with E-state index in [-0.39, 0.29) is 19.2 Å². The summed E-state index contributed by atoms with van der Waals surface area (Å²) in [6.07, 6.45) is 6.12. The predicted octanol–water partition coefficient (Wildman–Crippen LogP) is 5.38. The SMILES string of the molecule is CCc1ccncc1-c1cc2ccc(OCC(O)CCCCOC(=O)C(C)(CC(C)(C)N)C(C)(C)N)cc2o1. The van der Waals surface area contributed by atoms with E-state index in [1.165, 1.54) is 5.56 Å². The van der Waals surface area contributed by atoms with E-state index in [0.717, 1.165) is 28.7 Å². The fourth-order valence-corrected chi connectivity index (χ4v) is 4.74. The third-order valence-electron chi connectivity index (χ3n) is 7.34. The number of pyridine rings is 1. The van der Waals surface area contributed by atoms with Crippen molar-refractivity contribution in [2.24, 2.45) is 16.9 Å². The molecule has 0 aliphatic heterocycles. The molecule has 0 fully saturated rings. The first-order chi connectivity index (χ1) is 18.2. The Hall–Kier alpha value is -2.94. The molecule has 0 saturated carbocycles. The molecule has 2 heterocycles. The highest BCUT2D eigenvalue weighted by Gasteiger charge is 2.48. The summed E-state index contributed by atoms with van der Waals surface area (Å²) in [4.78, 5) is 17.2. The minimum Gasteiger partial charge on any atom is -0.491 e. The molecule has 0 aliphatic rings. The van der Waals surface area contributed by atoms with E-state index in [2.05, 4.69) is 11.9 Å². The molecule has 8 nitrogen and oxygen atoms in total. The molecule has 39 heavy (non-hydrogen) atoms. The molecular formula is C31H45N3O5. The highest BCUT2D eigenvalue weighted by Crippen LogP contribution is 2.38. The van der Waals surface area contributed by atoms with Gasteiger partial charge in [-0.15, -0.1) is 0 Å². The summed E-state index contributed by atoms with van der Waals surface area (Å²) in [5.41, 5.74) is 13.1. The maximum absolute atomic E-state index is 12.9. The van der Waals surface area contributed by atoms with Crippen LogP contribution in [0.4, 0.5) is 0 Å². The van der Waals surface area contributed by atoms with Gasteiger partial charge in [-0.25, -0.2) is 0 Å². The molecule has 0 amide bonds. The number of ether oxygens (including phenoxy) is 2. The van der Waals surface area contributed by atoms with Gasteiger partial charge in [0.25, 0.3) is 0 Å². The largest absolute Gasteiger partial charge is 0.491 e. The van der Waals surface area contributed by atoms with E-state index in [1.54, 1.807) is 6.20 Å². The summed E-state index contributed by atoms with van der Waals surface area (Å²) in [5.74, 6) is 1.06. The Morgan fingerprint density at radius 3 is 2.51 bits per heavy atom. The first kappa shape index (κ1) is 30.6. The molecule has 2 atom stereocenters. The molecule has 1 aromatic carbocycles. The monoisotopic (exact) mass is 539 g/mol. The number of nitrogens with two attached hydrogens (primary N) is 2. The number of furan rings is 1. The Kier molecular flexibility index (Phi) is 9.80. The molecule has 0 radical (unpaired) electrons. The molecular weight excluding hydrogens is 494 g/mol. The van der Waals surface area contributed by atoms with Crippen LogP contribution in [0, 0.1) is 5.41 Å². The lowest BCUT2D eigenvalue weighted by Gasteiger charge is -2.42. The smallest absolute Gasteiger partial charge is 0.313 e. The van der Waals surface area contributed by atoms with Gasteiger partial charge >= 0.3 is 5.97 Å². The van der Waals surface area contributed by atoms with Gasteiger partial charge in [-0.1, -0.05) is 6.92 Å². The van der Waals surface area contributed by atoms with Crippen LogP contribution in [0.3, 0.4) is 0 Å². The summed E-state index contributed by atoms with van der Waals surface area (Å²) in [7, 11) is 0. The van der Waals surface area contributed by atoms with Gasteiger partial charge in [0.15, 0.2) is 0 Å². The zero-order valence-corrected chi connectivity index (χ0v) is 24.3. The second-order valence-electron chi connectivity index (χ2n) is 12.0. The number of rotatable bonds is 14. The van der Waals surface area contributed by atoms with Crippen molar-refractivity contribution >= 4 is 16.9 Å². The standard InChI is InChI=1S/C31H45N3O5/c1-7-21-13-14-34-18-25(21)27-16-22-11-12-24(17-26(22)39-27)38-19-23(35)10-8-9-15-37-28(36)31(6,30(4,5)33)20-29(2,3)32/h11-14,16-18,23,35H,7-10,15,19-20,32-33H2,1-6H3. The average molecular weight is 540 g/mol. The van der Waals surface area contributed by atoms with Crippen LogP contribution < -0.4 is 16.2 Å². The summed E-state index contributed by atoms with van der Waals surface area (Å²) < 4.78 is 17.5. The zero-order valence-electron chi connectivity index (χ0n) is 24.3. The Labute approximate surface area is 232 Å². The van der Waals surface area contributed by atoms with Crippen LogP contribution in [0.1, 0.15) is 72.8 Å². The number of nitrogens with zero attached hydrogens (tertiary/aromatic N) is 1. The number of aliphatic hydroxyl groups is 1. The lowest BCUT2D eigenvalue weighted by atomic mass is 9.67. The Bertz CT molecular complexity index is 1240. The van der Waals surface area contributed by atoms with E-state index in [0.29, 0.717) is 31.4 Å². The first-order valence-electron chi connectivity index (χ1n) is 13.8. The summed E-state index contributed by atoms with van der Waals surface area (Å²) in [6.45, 7) is 11.7. The second kappa shape index (κ2) is 12.5. The number of aliphatic hydroxyl groups excluding tert-OH is 1. The van der Waals surface area contributed by atoms with Gasteiger partial charge in [0.2, 0.25) is 0 Å². The van der Waals surface area contributed by atoms with Crippen molar-refractivity contribution in [1.82, 2.24) is 4.98 Å². The van der Waals surface area contributed by atoms with Crippen LogP contribution in [-0.2, 0) is 16.0 Å². The van der Waals surface area contributed by atoms with Gasteiger partial charge < -0.3 is 30.5 Å². The quantitative estimate of drug-likeness (QED) is 0.184. The molecule has 0 saturated heterocycles. The van der Waals surface area contributed by atoms with Crippen LogP contribution in [0.25, 0.3) is 22.3 Å². The van der Waals surface area contributed by atoms with Gasteiger partial charge in [-0.05, 0) is 96.6 Å². The number of benzene rings is 1. The minimum absolute atomic E-state index is 0.159. The summed E-state index contributed by atoms with van der Waals surface area (Å²) >= 11 is 0. The number of fused-ring (bicyclic) bond motifs is 1. The highest BCUT2D eigenvalue weighted by atomic mass is 16.5. The van der Waals surface area contributed by atoms with Crippen LogP contribution in [0.2, 0.25) is 0 Å². The number of unbranched alkanes of at least 4 members (excludes halogenated alkanes) is 1. The number of aryl methyl sites for hydroxylation is 1. The topological polar surface area (TPSA) is 134 Å². The van der Waals surface area contributed by atoms with Gasteiger partial charge in [0.1, 0.15) is 23.7 Å². The van der Waals surface area contributed by atoms with E-state index in [1.807, 2.05) is 71.1 Å². The maximum atomic E-state index is 12.9. The maximum Gasteiger partial charge on any atom is 0.313 e. The van der Waals surface area contributed by atoms with Crippen LogP contribution >= 0.6 is 0 Å². The number of hydrogen-bond acceptors (Lipinski definition) is 8. The molecule has 3 rings (SSSR count). The van der Waals surface area contributed by atoms with Crippen LogP contribution in [0.5, 0.6) is 5.75 Å². The fourth-order valence-electron chi connectivity index (χ4n) is 4.74. The third-order valence-corrected chi connectivity index (χ3v) is 7.34. The predicted molar refractivity (Wildman–Crippen MR) is 154 cm³/mol. The third kappa shape index (κ3) is 8.03. The average Bonchev–Trinajstić information content (AvgIpc) is 3.28. The Balaban J connectivity index is 1.46. The molecule has 3 aromatic rings. The van der Waals surface area contributed by atoms with Crippen LogP contribution in [0.15, 0.2) is 47.1 Å². The fraction of sp³-hybridized carbons (Fsp3) is 0.548. The van der Waals surface area contributed by atoms with Crippen molar-refractivity contribution in [1.29, 1.82) is 0 Å². The Morgan fingerprint density at radius 1 is 1.10 bits per heavy atom. The van der Waals surface area contributed by atoms with Crippen molar-refractivity contribution in [3.63, 3.8) is 0 Å². The van der Waals surface area contributed by atoms with Crippen LogP contribution in [-0.4, -0.2) is 46.5 Å². The molecule has 5 N–H and O–H groups in total. The number of aromatic nitrogens is 1. The lowest BCUT2D eigenvalue weighted by molar-refractivity contribution is -0.160. The molecule has 8 heteroatoms. The number of carbonyl (C=O) groups is 1. The van der Waals surface area contributed by atoms with E-state index in [9.17, 15) is 9.90 Å². The number of hydrogen-bond donors (Lipinski definition) is 3.